The number of carbonyl (C=O) groups is 1. The van der Waals surface area contributed by atoms with Gasteiger partial charge in [-0.05, 0) is 47.2 Å². The van der Waals surface area contributed by atoms with Crippen LogP contribution in [0.15, 0.2) is 42.5 Å². The average molecular weight is 367 g/mol. The van der Waals surface area contributed by atoms with Gasteiger partial charge < -0.3 is 10.1 Å². The van der Waals surface area contributed by atoms with Gasteiger partial charge in [0, 0.05) is 31.7 Å². The van der Waals surface area contributed by atoms with E-state index in [9.17, 15) is 4.79 Å². The van der Waals surface area contributed by atoms with Crippen molar-refractivity contribution in [2.24, 2.45) is 0 Å². The number of nitrogens with one attached hydrogen (secondary N) is 1. The van der Waals surface area contributed by atoms with Crippen molar-refractivity contribution in [1.82, 2.24) is 10.2 Å². The minimum Gasteiger partial charge on any atom is -0.379 e. The first kappa shape index (κ1) is 19.6. The number of rotatable bonds is 7. The Morgan fingerprint density at radius 3 is 2.33 bits per heavy atom. The fraction of sp³-hybridized carbons (Fsp3) is 0.435. The molecule has 1 N–H and O–H groups in total. The van der Waals surface area contributed by atoms with Gasteiger partial charge in [-0.3, -0.25) is 9.69 Å². The van der Waals surface area contributed by atoms with E-state index in [0.717, 1.165) is 45.7 Å². The molecule has 1 fully saturated rings. The lowest BCUT2D eigenvalue weighted by atomic mass is 10.0. The first-order valence-corrected chi connectivity index (χ1v) is 9.97. The standard InChI is InChI=1S/C23H30N2O2/c1-3-18-5-8-20(4-2)22(15-18)16-24-23(26)21-9-6-19(7-10-21)17-25-11-13-27-14-12-25/h5-10,15H,3-4,11-14,16-17H2,1-2H3,(H,24,26). The van der Waals surface area contributed by atoms with Crippen LogP contribution in [-0.2, 0) is 30.7 Å². The van der Waals surface area contributed by atoms with Gasteiger partial charge in [-0.15, -0.1) is 0 Å². The molecule has 1 saturated heterocycles. The van der Waals surface area contributed by atoms with E-state index in [2.05, 4.69) is 54.4 Å². The van der Waals surface area contributed by atoms with Crippen LogP contribution in [0.5, 0.6) is 0 Å². The monoisotopic (exact) mass is 366 g/mol. The third-order valence-corrected chi connectivity index (χ3v) is 5.23. The largest absolute Gasteiger partial charge is 0.379 e. The number of hydrogen-bond donors (Lipinski definition) is 1. The zero-order chi connectivity index (χ0) is 19.1. The van der Waals surface area contributed by atoms with Gasteiger partial charge in [-0.1, -0.05) is 44.2 Å². The molecule has 1 amide bonds. The second-order valence-corrected chi connectivity index (χ2v) is 7.08. The molecule has 2 aromatic rings. The second-order valence-electron chi connectivity index (χ2n) is 7.08. The van der Waals surface area contributed by atoms with E-state index >= 15 is 0 Å². The summed E-state index contributed by atoms with van der Waals surface area (Å²) in [7, 11) is 0. The lowest BCUT2D eigenvalue weighted by Gasteiger charge is -2.26. The van der Waals surface area contributed by atoms with Crippen molar-refractivity contribution >= 4 is 5.91 Å². The number of carbonyl (C=O) groups excluding carboxylic acids is 1. The molecule has 0 bridgehead atoms. The Morgan fingerprint density at radius 2 is 1.67 bits per heavy atom. The van der Waals surface area contributed by atoms with E-state index in [1.165, 1.54) is 22.3 Å². The summed E-state index contributed by atoms with van der Waals surface area (Å²) >= 11 is 0. The molecule has 4 heteroatoms. The molecule has 144 valence electrons. The van der Waals surface area contributed by atoms with Crippen LogP contribution in [0.25, 0.3) is 0 Å². The molecule has 0 atom stereocenters. The van der Waals surface area contributed by atoms with Gasteiger partial charge in [0.05, 0.1) is 13.2 Å². The van der Waals surface area contributed by atoms with E-state index in [-0.39, 0.29) is 5.91 Å². The van der Waals surface area contributed by atoms with Gasteiger partial charge in [0.1, 0.15) is 0 Å². The summed E-state index contributed by atoms with van der Waals surface area (Å²) in [5, 5.41) is 3.08. The Hall–Kier alpha value is -2.17. The van der Waals surface area contributed by atoms with Crippen molar-refractivity contribution in [3.63, 3.8) is 0 Å². The van der Waals surface area contributed by atoms with Gasteiger partial charge in [-0.25, -0.2) is 0 Å². The lowest BCUT2D eigenvalue weighted by Crippen LogP contribution is -2.35. The van der Waals surface area contributed by atoms with Crippen molar-refractivity contribution in [2.45, 2.75) is 39.8 Å². The summed E-state index contributed by atoms with van der Waals surface area (Å²) in [6, 6.07) is 14.5. The van der Waals surface area contributed by atoms with E-state index in [1.807, 2.05) is 12.1 Å². The number of aryl methyl sites for hydroxylation is 2. The van der Waals surface area contributed by atoms with Gasteiger partial charge in [0.15, 0.2) is 0 Å². The molecule has 1 heterocycles. The van der Waals surface area contributed by atoms with Crippen molar-refractivity contribution in [3.8, 4) is 0 Å². The Balaban J connectivity index is 1.58. The third kappa shape index (κ3) is 5.41. The normalized spacial score (nSPS) is 14.9. The maximum Gasteiger partial charge on any atom is 0.251 e. The molecule has 0 spiro atoms. The van der Waals surface area contributed by atoms with E-state index in [0.29, 0.717) is 12.1 Å². The summed E-state index contributed by atoms with van der Waals surface area (Å²) in [4.78, 5) is 14.9. The topological polar surface area (TPSA) is 41.6 Å². The SMILES string of the molecule is CCc1ccc(CC)c(CNC(=O)c2ccc(CN3CCOCC3)cc2)c1. The molecular weight excluding hydrogens is 336 g/mol. The average Bonchev–Trinajstić information content (AvgIpc) is 2.73. The molecule has 2 aromatic carbocycles. The minimum atomic E-state index is -0.0168. The Bertz CT molecular complexity index is 749. The molecule has 0 aliphatic carbocycles. The lowest BCUT2D eigenvalue weighted by molar-refractivity contribution is 0.0342. The number of morpholine rings is 1. The highest BCUT2D eigenvalue weighted by Gasteiger charge is 2.12. The first-order chi connectivity index (χ1) is 13.2. The maximum absolute atomic E-state index is 12.5. The van der Waals surface area contributed by atoms with E-state index < -0.39 is 0 Å². The van der Waals surface area contributed by atoms with Crippen LogP contribution in [0.4, 0.5) is 0 Å². The maximum atomic E-state index is 12.5. The van der Waals surface area contributed by atoms with Gasteiger partial charge in [0.25, 0.3) is 5.91 Å². The van der Waals surface area contributed by atoms with Crippen LogP contribution in [0.3, 0.4) is 0 Å². The highest BCUT2D eigenvalue weighted by Crippen LogP contribution is 2.14. The van der Waals surface area contributed by atoms with Crippen LogP contribution in [0, 0.1) is 0 Å². The molecular formula is C23H30N2O2. The molecule has 27 heavy (non-hydrogen) atoms. The zero-order valence-electron chi connectivity index (χ0n) is 16.5. The summed E-state index contributed by atoms with van der Waals surface area (Å²) in [6.07, 6.45) is 1.99. The molecule has 4 nitrogen and oxygen atoms in total. The Morgan fingerprint density at radius 1 is 0.963 bits per heavy atom. The number of benzene rings is 2. The van der Waals surface area contributed by atoms with Crippen molar-refractivity contribution in [2.75, 3.05) is 26.3 Å². The highest BCUT2D eigenvalue weighted by molar-refractivity contribution is 5.94. The molecule has 1 aliphatic rings. The first-order valence-electron chi connectivity index (χ1n) is 9.97. The molecule has 0 unspecified atom stereocenters. The predicted octanol–water partition coefficient (Wildman–Crippen LogP) is 3.57. The molecule has 3 rings (SSSR count). The van der Waals surface area contributed by atoms with Crippen LogP contribution in [0.2, 0.25) is 0 Å². The van der Waals surface area contributed by atoms with Crippen LogP contribution >= 0.6 is 0 Å². The van der Waals surface area contributed by atoms with Crippen molar-refractivity contribution in [3.05, 3.63) is 70.3 Å². The summed E-state index contributed by atoms with van der Waals surface area (Å²) in [5.41, 5.74) is 5.77. The summed E-state index contributed by atoms with van der Waals surface area (Å²) in [6.45, 7) is 9.35. The molecule has 1 aliphatic heterocycles. The Labute approximate surface area is 162 Å². The quantitative estimate of drug-likeness (QED) is 0.814. The number of ether oxygens (including phenoxy) is 1. The highest BCUT2D eigenvalue weighted by atomic mass is 16.5. The Kier molecular flexibility index (Phi) is 7.02. The number of hydrogen-bond acceptors (Lipinski definition) is 3. The second kappa shape index (κ2) is 9.67. The number of amides is 1. The molecule has 0 saturated carbocycles. The van der Waals surface area contributed by atoms with Gasteiger partial charge in [-0.2, -0.15) is 0 Å². The van der Waals surface area contributed by atoms with Crippen LogP contribution < -0.4 is 5.32 Å². The fourth-order valence-electron chi connectivity index (χ4n) is 3.47. The van der Waals surface area contributed by atoms with E-state index in [4.69, 9.17) is 4.74 Å². The zero-order valence-corrected chi connectivity index (χ0v) is 16.5. The fourth-order valence-corrected chi connectivity index (χ4v) is 3.47. The van der Waals surface area contributed by atoms with Crippen LogP contribution in [-0.4, -0.2) is 37.1 Å². The minimum absolute atomic E-state index is 0.0168. The number of nitrogens with zero attached hydrogens (tertiary/aromatic N) is 1. The van der Waals surface area contributed by atoms with Crippen LogP contribution in [0.1, 0.15) is 46.5 Å². The molecule has 0 aromatic heterocycles. The summed E-state index contributed by atoms with van der Waals surface area (Å²) in [5.74, 6) is -0.0168. The van der Waals surface area contributed by atoms with E-state index in [1.54, 1.807) is 0 Å². The van der Waals surface area contributed by atoms with Gasteiger partial charge in [0.2, 0.25) is 0 Å². The van der Waals surface area contributed by atoms with Gasteiger partial charge >= 0.3 is 0 Å². The van der Waals surface area contributed by atoms with Crippen molar-refractivity contribution in [1.29, 1.82) is 0 Å². The predicted molar refractivity (Wildman–Crippen MR) is 109 cm³/mol. The molecule has 0 radical (unpaired) electrons. The summed E-state index contributed by atoms with van der Waals surface area (Å²) < 4.78 is 5.39. The smallest absolute Gasteiger partial charge is 0.251 e. The third-order valence-electron chi connectivity index (χ3n) is 5.23. The van der Waals surface area contributed by atoms with Crippen molar-refractivity contribution < 1.29 is 9.53 Å².